The zero-order valence-corrected chi connectivity index (χ0v) is 13.5. The van der Waals surface area contributed by atoms with Crippen molar-refractivity contribution in [3.63, 3.8) is 0 Å². The summed E-state index contributed by atoms with van der Waals surface area (Å²) >= 11 is 1.05. The summed E-state index contributed by atoms with van der Waals surface area (Å²) < 4.78 is 51.5. The first-order valence-corrected chi connectivity index (χ1v) is 9.91. The molecule has 0 heterocycles. The van der Waals surface area contributed by atoms with E-state index < -0.39 is 24.3 Å². The molecule has 7 nitrogen and oxygen atoms in total. The number of hydrogen-bond acceptors (Lipinski definition) is 7. The van der Waals surface area contributed by atoms with Crippen molar-refractivity contribution in [3.05, 3.63) is 0 Å². The molecular formula is C8H20O7S2Si. The summed E-state index contributed by atoms with van der Waals surface area (Å²) in [5.74, 6) is 0. The van der Waals surface area contributed by atoms with E-state index in [9.17, 15) is 8.42 Å². The molecule has 0 aliphatic heterocycles. The third-order valence-corrected chi connectivity index (χ3v) is 7.34. The lowest BCUT2D eigenvalue weighted by Gasteiger charge is -2.32. The van der Waals surface area contributed by atoms with Crippen molar-refractivity contribution in [2.45, 2.75) is 25.8 Å². The van der Waals surface area contributed by atoms with E-state index >= 15 is 0 Å². The largest absolute Gasteiger partial charge is 0.544 e. The second-order valence-electron chi connectivity index (χ2n) is 2.99. The van der Waals surface area contributed by atoms with E-state index in [0.29, 0.717) is 0 Å². The molecule has 0 bridgehead atoms. The molecule has 1 atom stereocenters. The van der Waals surface area contributed by atoms with E-state index in [0.717, 1.165) is 11.8 Å². The molecule has 18 heavy (non-hydrogen) atoms. The summed E-state index contributed by atoms with van der Waals surface area (Å²) in [4.78, 5) is 0. The molecule has 1 unspecified atom stereocenters. The third-order valence-electron chi connectivity index (χ3n) is 1.75. The smallest absolute Gasteiger partial charge is 0.372 e. The average molecular weight is 320 g/mol. The maximum Gasteiger partial charge on any atom is 0.544 e. The predicted molar refractivity (Wildman–Crippen MR) is 70.6 cm³/mol. The summed E-state index contributed by atoms with van der Waals surface area (Å²) in [7, 11) is -7.93. The monoisotopic (exact) mass is 320 g/mol. The molecule has 0 aromatic carbocycles. The van der Waals surface area contributed by atoms with Gasteiger partial charge in [-0.15, -0.1) is 11.8 Å². The first kappa shape index (κ1) is 18.3. The summed E-state index contributed by atoms with van der Waals surface area (Å²) in [6.45, 7) is 6.09. The maximum absolute atomic E-state index is 10.8. The summed E-state index contributed by atoms with van der Waals surface area (Å²) in [6.07, 6.45) is 1.62. The normalized spacial score (nSPS) is 14.7. The maximum atomic E-state index is 10.8. The van der Waals surface area contributed by atoms with Crippen LogP contribution in [0.15, 0.2) is 0 Å². The molecule has 1 N–H and O–H groups in total. The van der Waals surface area contributed by atoms with E-state index in [1.54, 1.807) is 27.0 Å². The summed E-state index contributed by atoms with van der Waals surface area (Å²) in [5, 5.41) is -1.03. The fraction of sp³-hybridized carbons (Fsp3) is 1.00. The fourth-order valence-corrected chi connectivity index (χ4v) is 6.59. The van der Waals surface area contributed by atoms with Crippen LogP contribution in [-0.2, 0) is 27.9 Å². The van der Waals surface area contributed by atoms with Gasteiger partial charge < -0.3 is 13.3 Å². The van der Waals surface area contributed by atoms with E-state index in [1.165, 1.54) is 0 Å². The Bertz CT molecular complexity index is 304. The quantitative estimate of drug-likeness (QED) is 0.363. The molecule has 0 fully saturated rings. The lowest BCUT2D eigenvalue weighted by Crippen LogP contribution is -2.56. The van der Waals surface area contributed by atoms with Crippen molar-refractivity contribution < 1.29 is 30.4 Å². The van der Waals surface area contributed by atoms with Crippen LogP contribution < -0.4 is 0 Å². The van der Waals surface area contributed by atoms with Crippen LogP contribution in [0.4, 0.5) is 0 Å². The van der Waals surface area contributed by atoms with Crippen LogP contribution in [0.3, 0.4) is 0 Å². The number of hydrogen-bond donors (Lipinski definition) is 1. The Hall–Kier alpha value is 0.317. The van der Waals surface area contributed by atoms with E-state index in [1.807, 2.05) is 0 Å². The van der Waals surface area contributed by atoms with Crippen LogP contribution >= 0.6 is 11.8 Å². The Morgan fingerprint density at radius 3 is 1.72 bits per heavy atom. The summed E-state index contributed by atoms with van der Waals surface area (Å²) in [5.41, 5.74) is 0. The molecule has 0 aliphatic carbocycles. The van der Waals surface area contributed by atoms with Gasteiger partial charge in [0, 0.05) is 19.8 Å². The van der Waals surface area contributed by atoms with Gasteiger partial charge in [-0.25, -0.2) is 4.18 Å². The Morgan fingerprint density at radius 2 is 1.50 bits per heavy atom. The third kappa shape index (κ3) is 5.97. The van der Waals surface area contributed by atoms with Crippen LogP contribution in [0.2, 0.25) is 0 Å². The molecule has 0 radical (unpaired) electrons. The number of thioether (sulfide) groups is 1. The Balaban J connectivity index is 5.18. The molecule has 0 amide bonds. The molecule has 0 aliphatic rings. The molecule has 0 spiro atoms. The highest BCUT2D eigenvalue weighted by atomic mass is 32.3. The Labute approximate surface area is 113 Å². The standard InChI is InChI=1S/C8H20O7S2Si/c1-5-12-18(13-6-2,14-7-3)8(16-4)15-17(9,10)11/h8H,5-7H2,1-4H3,(H,9,10,11). The van der Waals surface area contributed by atoms with Gasteiger partial charge in [0.1, 0.15) is 0 Å². The zero-order chi connectivity index (χ0) is 14.2. The van der Waals surface area contributed by atoms with Gasteiger partial charge in [-0.05, 0) is 27.0 Å². The van der Waals surface area contributed by atoms with E-state index in [4.69, 9.17) is 17.8 Å². The van der Waals surface area contributed by atoms with Crippen molar-refractivity contribution in [3.8, 4) is 0 Å². The second kappa shape index (κ2) is 8.48. The summed E-state index contributed by atoms with van der Waals surface area (Å²) in [6, 6.07) is 0. The van der Waals surface area contributed by atoms with Gasteiger partial charge in [0.2, 0.25) is 0 Å². The number of rotatable bonds is 10. The molecule has 10 heteroatoms. The highest BCUT2D eigenvalue weighted by molar-refractivity contribution is 8.01. The minimum atomic E-state index is -4.60. The van der Waals surface area contributed by atoms with Crippen LogP contribution in [-0.4, -0.2) is 52.9 Å². The highest BCUT2D eigenvalue weighted by Gasteiger charge is 2.52. The SMILES string of the molecule is CCO[Si](OCC)(OCC)C(OS(=O)(=O)O)SC. The fourth-order valence-electron chi connectivity index (χ4n) is 1.29. The van der Waals surface area contributed by atoms with Gasteiger partial charge in [-0.3, -0.25) is 4.55 Å². The topological polar surface area (TPSA) is 91.3 Å². The minimum Gasteiger partial charge on any atom is -0.372 e. The zero-order valence-electron chi connectivity index (χ0n) is 10.9. The molecule has 0 rings (SSSR count). The predicted octanol–water partition coefficient (Wildman–Crippen LogP) is 1.08. The second-order valence-corrected chi connectivity index (χ2v) is 7.96. The lowest BCUT2D eigenvalue weighted by atomic mass is 10.9. The van der Waals surface area contributed by atoms with Gasteiger partial charge in [-0.1, -0.05) is 0 Å². The first-order chi connectivity index (χ1) is 8.35. The van der Waals surface area contributed by atoms with E-state index in [2.05, 4.69) is 4.18 Å². The van der Waals surface area contributed by atoms with Gasteiger partial charge in [-0.2, -0.15) is 8.42 Å². The van der Waals surface area contributed by atoms with Gasteiger partial charge in [0.25, 0.3) is 0 Å². The highest BCUT2D eigenvalue weighted by Crippen LogP contribution is 2.26. The first-order valence-electron chi connectivity index (χ1n) is 5.45. The van der Waals surface area contributed by atoms with Crippen molar-refractivity contribution in [2.24, 2.45) is 0 Å². The van der Waals surface area contributed by atoms with Crippen LogP contribution in [0.25, 0.3) is 0 Å². The lowest BCUT2D eigenvalue weighted by molar-refractivity contribution is 0.0465. The molecule has 110 valence electrons. The van der Waals surface area contributed by atoms with Crippen molar-refractivity contribution in [1.29, 1.82) is 0 Å². The average Bonchev–Trinajstić information content (AvgIpc) is 2.25. The van der Waals surface area contributed by atoms with Gasteiger partial charge in [0.05, 0.1) is 0 Å². The van der Waals surface area contributed by atoms with E-state index in [-0.39, 0.29) is 19.8 Å². The Kier molecular flexibility index (Phi) is 8.63. The van der Waals surface area contributed by atoms with Crippen molar-refractivity contribution >= 4 is 31.0 Å². The van der Waals surface area contributed by atoms with Crippen molar-refractivity contribution in [1.82, 2.24) is 0 Å². The van der Waals surface area contributed by atoms with Crippen LogP contribution in [0.5, 0.6) is 0 Å². The molecule has 0 aromatic rings. The van der Waals surface area contributed by atoms with Gasteiger partial charge in [0.15, 0.2) is 5.06 Å². The minimum absolute atomic E-state index is 0.290. The molecule has 0 saturated carbocycles. The van der Waals surface area contributed by atoms with Crippen LogP contribution in [0.1, 0.15) is 20.8 Å². The molecular weight excluding hydrogens is 300 g/mol. The van der Waals surface area contributed by atoms with Crippen LogP contribution in [0, 0.1) is 0 Å². The Morgan fingerprint density at radius 1 is 1.11 bits per heavy atom. The van der Waals surface area contributed by atoms with Gasteiger partial charge >= 0.3 is 19.2 Å². The molecule has 0 aromatic heterocycles. The van der Waals surface area contributed by atoms with Crippen molar-refractivity contribution in [2.75, 3.05) is 26.1 Å². The molecule has 0 saturated heterocycles.